The highest BCUT2D eigenvalue weighted by Crippen LogP contribution is 2.27. The third kappa shape index (κ3) is 1.56. The Hall–Kier alpha value is -1.84. The summed E-state index contributed by atoms with van der Waals surface area (Å²) in [6.45, 7) is 1.89. The smallest absolute Gasteiger partial charge is 0.319 e. The molecule has 0 bridgehead atoms. The number of carbonyl (C=O) groups is 2. The predicted molar refractivity (Wildman–Crippen MR) is 60.7 cm³/mol. The maximum absolute atomic E-state index is 11.9. The predicted octanol–water partition coefficient (Wildman–Crippen LogP) is 1.42. The van der Waals surface area contributed by atoms with Gasteiger partial charge in [-0.2, -0.15) is 0 Å². The van der Waals surface area contributed by atoms with Gasteiger partial charge in [0.05, 0.1) is 0 Å². The van der Waals surface area contributed by atoms with Gasteiger partial charge in [0.1, 0.15) is 5.54 Å². The van der Waals surface area contributed by atoms with Crippen molar-refractivity contribution in [2.45, 2.75) is 25.3 Å². The van der Waals surface area contributed by atoms with E-state index in [1.807, 2.05) is 37.3 Å². The van der Waals surface area contributed by atoms with Gasteiger partial charge < -0.3 is 5.32 Å². The molecule has 2 N–H and O–H groups in total. The third-order valence-electron chi connectivity index (χ3n) is 2.96. The molecule has 0 aromatic rings. The lowest BCUT2D eigenvalue weighted by atomic mass is 9.86. The Morgan fingerprint density at radius 1 is 1.38 bits per heavy atom. The van der Waals surface area contributed by atoms with Crippen LogP contribution >= 0.6 is 0 Å². The molecule has 1 heterocycles. The van der Waals surface area contributed by atoms with Crippen LogP contribution < -0.4 is 10.6 Å². The van der Waals surface area contributed by atoms with Gasteiger partial charge in [-0.1, -0.05) is 37.3 Å². The Kier molecular flexibility index (Phi) is 2.64. The Morgan fingerprint density at radius 3 is 2.81 bits per heavy atom. The molecule has 0 unspecified atom stereocenters. The molecule has 1 saturated heterocycles. The monoisotopic (exact) mass is 218 g/mol. The lowest BCUT2D eigenvalue weighted by Gasteiger charge is -2.25. The minimum atomic E-state index is -0.889. The summed E-state index contributed by atoms with van der Waals surface area (Å²) in [6, 6.07) is -0.418. The second-order valence-electron chi connectivity index (χ2n) is 3.85. The molecular weight excluding hydrogens is 204 g/mol. The van der Waals surface area contributed by atoms with E-state index in [0.717, 1.165) is 12.0 Å². The summed E-state index contributed by atoms with van der Waals surface area (Å²) < 4.78 is 0. The number of rotatable bonds is 2. The molecule has 0 radical (unpaired) electrons. The van der Waals surface area contributed by atoms with E-state index in [2.05, 4.69) is 10.6 Å². The SMILES string of the molecule is CC[C@@]1(C2=CCC=CC=C2)NC(=O)NC1=O. The molecule has 0 spiro atoms. The van der Waals surface area contributed by atoms with Gasteiger partial charge in [0.25, 0.3) is 5.91 Å². The minimum absolute atomic E-state index is 0.266. The zero-order valence-electron chi connectivity index (χ0n) is 9.12. The van der Waals surface area contributed by atoms with Crippen molar-refractivity contribution in [1.82, 2.24) is 10.6 Å². The molecule has 2 rings (SSSR count). The van der Waals surface area contributed by atoms with Crippen molar-refractivity contribution in [2.24, 2.45) is 0 Å². The van der Waals surface area contributed by atoms with Gasteiger partial charge in [-0.05, 0) is 18.4 Å². The second-order valence-corrected chi connectivity index (χ2v) is 3.85. The van der Waals surface area contributed by atoms with Gasteiger partial charge in [0.2, 0.25) is 0 Å². The van der Waals surface area contributed by atoms with E-state index in [-0.39, 0.29) is 5.91 Å². The molecule has 0 aromatic heterocycles. The first-order valence-corrected chi connectivity index (χ1v) is 5.36. The summed E-state index contributed by atoms with van der Waals surface area (Å²) in [4.78, 5) is 23.1. The zero-order valence-corrected chi connectivity index (χ0v) is 9.12. The first kappa shape index (κ1) is 10.7. The molecule has 4 nitrogen and oxygen atoms in total. The van der Waals surface area contributed by atoms with Crippen molar-refractivity contribution in [3.63, 3.8) is 0 Å². The van der Waals surface area contributed by atoms with Crippen molar-refractivity contribution in [3.8, 4) is 0 Å². The lowest BCUT2D eigenvalue weighted by Crippen LogP contribution is -2.47. The molecule has 4 heteroatoms. The largest absolute Gasteiger partial charge is 0.322 e. The summed E-state index contributed by atoms with van der Waals surface area (Å²) in [7, 11) is 0. The maximum atomic E-state index is 11.9. The number of nitrogens with one attached hydrogen (secondary N) is 2. The first-order valence-electron chi connectivity index (χ1n) is 5.36. The normalized spacial score (nSPS) is 28.4. The van der Waals surface area contributed by atoms with Crippen LogP contribution in [0.2, 0.25) is 0 Å². The Morgan fingerprint density at radius 2 is 2.19 bits per heavy atom. The van der Waals surface area contributed by atoms with E-state index in [0.29, 0.717) is 6.42 Å². The molecule has 16 heavy (non-hydrogen) atoms. The summed E-state index contributed by atoms with van der Waals surface area (Å²) in [5, 5.41) is 5.01. The van der Waals surface area contributed by atoms with Crippen LogP contribution in [0.1, 0.15) is 19.8 Å². The quantitative estimate of drug-likeness (QED) is 0.688. The van der Waals surface area contributed by atoms with Gasteiger partial charge in [0.15, 0.2) is 0 Å². The second kappa shape index (κ2) is 3.96. The molecule has 1 aliphatic carbocycles. The van der Waals surface area contributed by atoms with Gasteiger partial charge in [-0.3, -0.25) is 10.1 Å². The fourth-order valence-electron chi connectivity index (χ4n) is 2.04. The van der Waals surface area contributed by atoms with Crippen molar-refractivity contribution in [3.05, 3.63) is 36.0 Å². The van der Waals surface area contributed by atoms with Crippen LogP contribution in [0.25, 0.3) is 0 Å². The highest BCUT2D eigenvalue weighted by atomic mass is 16.2. The summed E-state index contributed by atoms with van der Waals surface area (Å²) in [5.74, 6) is -0.266. The first-order chi connectivity index (χ1) is 7.69. The molecule has 1 aliphatic heterocycles. The molecule has 84 valence electrons. The van der Waals surface area contributed by atoms with Crippen LogP contribution in [-0.4, -0.2) is 17.5 Å². The number of hydrogen-bond donors (Lipinski definition) is 2. The van der Waals surface area contributed by atoms with Gasteiger partial charge in [0, 0.05) is 0 Å². The van der Waals surface area contributed by atoms with Gasteiger partial charge in [-0.25, -0.2) is 4.79 Å². The number of carbonyl (C=O) groups excluding carboxylic acids is 2. The highest BCUT2D eigenvalue weighted by Gasteiger charge is 2.46. The number of hydrogen-bond acceptors (Lipinski definition) is 2. The summed E-state index contributed by atoms with van der Waals surface area (Å²) >= 11 is 0. The highest BCUT2D eigenvalue weighted by molar-refractivity contribution is 6.09. The van der Waals surface area contributed by atoms with E-state index in [9.17, 15) is 9.59 Å². The average Bonchev–Trinajstić information content (AvgIpc) is 2.49. The number of urea groups is 1. The van der Waals surface area contributed by atoms with Crippen LogP contribution in [0.3, 0.4) is 0 Å². The topological polar surface area (TPSA) is 58.2 Å². The van der Waals surface area contributed by atoms with Crippen molar-refractivity contribution in [2.75, 3.05) is 0 Å². The van der Waals surface area contributed by atoms with Crippen molar-refractivity contribution < 1.29 is 9.59 Å². The van der Waals surface area contributed by atoms with Crippen molar-refractivity contribution >= 4 is 11.9 Å². The van der Waals surface area contributed by atoms with E-state index in [1.165, 1.54) is 0 Å². The fraction of sp³-hybridized carbons (Fsp3) is 0.333. The minimum Gasteiger partial charge on any atom is -0.319 e. The molecular formula is C12H14N2O2. The van der Waals surface area contributed by atoms with Gasteiger partial charge >= 0.3 is 6.03 Å². The number of allylic oxidation sites excluding steroid dienone is 4. The zero-order chi connectivity index (χ0) is 11.6. The third-order valence-corrected chi connectivity index (χ3v) is 2.96. The average molecular weight is 218 g/mol. The van der Waals surface area contributed by atoms with Crippen LogP contribution in [0, 0.1) is 0 Å². The van der Waals surface area contributed by atoms with Gasteiger partial charge in [-0.15, -0.1) is 0 Å². The summed E-state index contributed by atoms with van der Waals surface area (Å²) in [6.07, 6.45) is 11.0. The van der Waals surface area contributed by atoms with E-state index in [1.54, 1.807) is 0 Å². The number of imide groups is 1. The number of amides is 3. The molecule has 0 aromatic carbocycles. The van der Waals surface area contributed by atoms with E-state index < -0.39 is 11.6 Å². The van der Waals surface area contributed by atoms with E-state index in [4.69, 9.17) is 0 Å². The molecule has 2 aliphatic rings. The maximum Gasteiger partial charge on any atom is 0.322 e. The van der Waals surface area contributed by atoms with Crippen LogP contribution in [0.15, 0.2) is 36.0 Å². The Bertz CT molecular complexity index is 421. The Labute approximate surface area is 94.1 Å². The summed E-state index contributed by atoms with van der Waals surface area (Å²) in [5.41, 5.74) is -0.0390. The van der Waals surface area contributed by atoms with Crippen LogP contribution in [-0.2, 0) is 4.79 Å². The standard InChI is InChI=1S/C12H14N2O2/c1-2-12(10(15)13-11(16)14-12)9-7-5-3-4-6-8-9/h3-5,7-8H,2,6H2,1H3,(H2,13,14,15,16)/t12-/m0/s1. The molecule has 1 fully saturated rings. The Balaban J connectivity index is 2.39. The molecule has 0 saturated carbocycles. The molecule has 3 amide bonds. The molecule has 1 atom stereocenters. The van der Waals surface area contributed by atoms with Crippen molar-refractivity contribution in [1.29, 1.82) is 0 Å². The fourth-order valence-corrected chi connectivity index (χ4v) is 2.04. The van der Waals surface area contributed by atoms with Crippen LogP contribution in [0.4, 0.5) is 4.79 Å². The van der Waals surface area contributed by atoms with E-state index >= 15 is 0 Å². The van der Waals surface area contributed by atoms with Crippen LogP contribution in [0.5, 0.6) is 0 Å². The lowest BCUT2D eigenvalue weighted by molar-refractivity contribution is -0.122.